The van der Waals surface area contributed by atoms with E-state index in [-0.39, 0.29) is 24.8 Å². The van der Waals surface area contributed by atoms with E-state index in [9.17, 15) is 0 Å². The average molecular weight is 249 g/mol. The second-order valence-corrected chi connectivity index (χ2v) is 5.38. The molecule has 0 saturated carbocycles. The van der Waals surface area contributed by atoms with Crippen LogP contribution in [0.2, 0.25) is 0 Å². The minimum Gasteiger partial charge on any atom is -0.147 e. The van der Waals surface area contributed by atoms with E-state index in [0.717, 1.165) is 5.66 Å². The van der Waals surface area contributed by atoms with Gasteiger partial charge in [-0.3, -0.25) is 0 Å². The molecule has 0 aliphatic rings. The Hall–Kier alpha value is 1.01. The minimum absolute atomic E-state index is 0. The molecule has 13 heavy (non-hydrogen) atoms. The van der Waals surface area contributed by atoms with Crippen molar-refractivity contribution in [3.05, 3.63) is 0 Å². The van der Waals surface area contributed by atoms with Gasteiger partial charge in [-0.25, -0.2) is 0 Å². The molecule has 0 aromatic carbocycles. The van der Waals surface area contributed by atoms with Crippen LogP contribution in [-0.4, -0.2) is 5.66 Å². The van der Waals surface area contributed by atoms with Crippen molar-refractivity contribution < 1.29 is 0 Å². The summed E-state index contributed by atoms with van der Waals surface area (Å²) >= 11 is 0. The third-order valence-corrected chi connectivity index (χ3v) is 3.49. The van der Waals surface area contributed by atoms with Crippen LogP contribution in [0.4, 0.5) is 0 Å². The molecule has 0 nitrogen and oxygen atoms in total. The standard InChI is InChI=1S/C10H25P.2ClH/c1-3-5-6-7-9-10(11)8-4-2;;/h10H,3-9H2,1-2H3,11H4;2*1H. The summed E-state index contributed by atoms with van der Waals surface area (Å²) in [4.78, 5) is 0. The van der Waals surface area contributed by atoms with Gasteiger partial charge in [0.2, 0.25) is 0 Å². The zero-order valence-electron chi connectivity index (χ0n) is 9.34. The maximum Gasteiger partial charge on any atom is -0.147 e. The van der Waals surface area contributed by atoms with Crippen molar-refractivity contribution in [2.45, 2.75) is 64.5 Å². The number of rotatable bonds is 7. The molecule has 0 bridgehead atoms. The molecule has 0 saturated heterocycles. The summed E-state index contributed by atoms with van der Waals surface area (Å²) in [7, 11) is 1.42. The summed E-state index contributed by atoms with van der Waals surface area (Å²) in [6.07, 6.45) is 10.2. The molecule has 0 aliphatic heterocycles. The van der Waals surface area contributed by atoms with Gasteiger partial charge >= 0.3 is 73.7 Å². The van der Waals surface area contributed by atoms with Crippen LogP contribution >= 0.6 is 34.1 Å². The van der Waals surface area contributed by atoms with Gasteiger partial charge in [-0.15, -0.1) is 24.8 Å². The van der Waals surface area contributed by atoms with Gasteiger partial charge in [-0.05, 0) is 0 Å². The van der Waals surface area contributed by atoms with Gasteiger partial charge < -0.3 is 0 Å². The van der Waals surface area contributed by atoms with Gasteiger partial charge in [0.05, 0.1) is 0 Å². The SMILES string of the molecule is CCCCCCC([PH4])CCC.Cl.Cl. The van der Waals surface area contributed by atoms with Crippen LogP contribution < -0.4 is 0 Å². The van der Waals surface area contributed by atoms with Crippen molar-refractivity contribution in [3.63, 3.8) is 0 Å². The van der Waals surface area contributed by atoms with Crippen molar-refractivity contribution >= 4 is 34.1 Å². The molecule has 0 aromatic heterocycles. The Morgan fingerprint density at radius 3 is 1.92 bits per heavy atom. The van der Waals surface area contributed by atoms with E-state index in [1.165, 1.54) is 54.2 Å². The second-order valence-electron chi connectivity index (χ2n) is 3.74. The van der Waals surface area contributed by atoms with Crippen molar-refractivity contribution in [1.82, 2.24) is 0 Å². The van der Waals surface area contributed by atoms with Gasteiger partial charge in [0.15, 0.2) is 0 Å². The van der Waals surface area contributed by atoms with E-state index in [1.807, 2.05) is 0 Å². The quantitative estimate of drug-likeness (QED) is 0.466. The van der Waals surface area contributed by atoms with Crippen LogP contribution in [-0.2, 0) is 0 Å². The molecular formula is C10H27Cl2P. The van der Waals surface area contributed by atoms with Gasteiger partial charge in [0.25, 0.3) is 0 Å². The molecular weight excluding hydrogens is 222 g/mol. The summed E-state index contributed by atoms with van der Waals surface area (Å²) in [5.74, 6) is 0. The predicted octanol–water partition coefficient (Wildman–Crippen LogP) is 4.31. The largest absolute Gasteiger partial charge is 0.147 e. The molecule has 86 valence electrons. The van der Waals surface area contributed by atoms with Crippen molar-refractivity contribution in [3.8, 4) is 0 Å². The fourth-order valence-corrected chi connectivity index (χ4v) is 2.54. The summed E-state index contributed by atoms with van der Waals surface area (Å²) in [6, 6.07) is 0. The van der Waals surface area contributed by atoms with E-state index < -0.39 is 0 Å². The normalized spacial score (nSPS) is 11.4. The zero-order valence-corrected chi connectivity index (χ0v) is 13.0. The molecule has 1 unspecified atom stereocenters. The monoisotopic (exact) mass is 248 g/mol. The molecule has 0 spiro atoms. The van der Waals surface area contributed by atoms with Gasteiger partial charge in [0, 0.05) is 0 Å². The van der Waals surface area contributed by atoms with Crippen LogP contribution in [0, 0.1) is 0 Å². The molecule has 0 aromatic rings. The fourth-order valence-electron chi connectivity index (χ4n) is 1.56. The molecule has 0 rings (SSSR count). The third-order valence-electron chi connectivity index (χ3n) is 2.33. The zero-order chi connectivity index (χ0) is 8.53. The molecule has 0 radical (unpaired) electrons. The Bertz CT molecular complexity index is 79.3. The number of unbranched alkanes of at least 4 members (excludes halogenated alkanes) is 3. The Labute approximate surface area is 98.7 Å². The van der Waals surface area contributed by atoms with Crippen LogP contribution in [0.25, 0.3) is 0 Å². The van der Waals surface area contributed by atoms with E-state index in [4.69, 9.17) is 0 Å². The molecule has 0 amide bonds. The molecule has 0 N–H and O–H groups in total. The maximum absolute atomic E-state index is 2.30. The van der Waals surface area contributed by atoms with Crippen molar-refractivity contribution in [2.24, 2.45) is 0 Å². The van der Waals surface area contributed by atoms with Crippen LogP contribution in [0.1, 0.15) is 58.8 Å². The van der Waals surface area contributed by atoms with Gasteiger partial charge in [0.1, 0.15) is 0 Å². The van der Waals surface area contributed by atoms with E-state index in [0.29, 0.717) is 0 Å². The number of hydrogen-bond donors (Lipinski definition) is 0. The van der Waals surface area contributed by atoms with Crippen LogP contribution in [0.15, 0.2) is 0 Å². The molecule has 0 aliphatic carbocycles. The van der Waals surface area contributed by atoms with E-state index in [1.54, 1.807) is 0 Å². The molecule has 3 heteroatoms. The third kappa shape index (κ3) is 15.7. The Kier molecular flexibility index (Phi) is 23.3. The first kappa shape index (κ1) is 19.6. The molecule has 0 heterocycles. The first-order valence-corrected chi connectivity index (χ1v) is 6.46. The van der Waals surface area contributed by atoms with E-state index >= 15 is 0 Å². The smallest absolute Gasteiger partial charge is 0.147 e. The van der Waals surface area contributed by atoms with Crippen LogP contribution in [0.5, 0.6) is 0 Å². The molecule has 1 atom stereocenters. The van der Waals surface area contributed by atoms with Crippen LogP contribution in [0.3, 0.4) is 0 Å². The van der Waals surface area contributed by atoms with Gasteiger partial charge in [-0.1, -0.05) is 0 Å². The van der Waals surface area contributed by atoms with E-state index in [2.05, 4.69) is 13.8 Å². The topological polar surface area (TPSA) is 0 Å². The molecule has 0 fully saturated rings. The fraction of sp³-hybridized carbons (Fsp3) is 1.00. The number of hydrogen-bond acceptors (Lipinski definition) is 0. The predicted molar refractivity (Wildman–Crippen MR) is 74.5 cm³/mol. The Balaban J connectivity index is -0.000000500. The van der Waals surface area contributed by atoms with Crippen molar-refractivity contribution in [2.75, 3.05) is 0 Å². The summed E-state index contributed by atoms with van der Waals surface area (Å²) in [5.41, 5.74) is 1.11. The maximum atomic E-state index is 2.30. The Morgan fingerprint density at radius 2 is 1.46 bits per heavy atom. The number of halogens is 2. The summed E-state index contributed by atoms with van der Waals surface area (Å²) in [6.45, 7) is 4.58. The minimum atomic E-state index is 0. The average Bonchev–Trinajstić information content (AvgIpc) is 1.99. The Morgan fingerprint density at radius 1 is 0.846 bits per heavy atom. The first-order chi connectivity index (χ1) is 5.31. The summed E-state index contributed by atoms with van der Waals surface area (Å²) < 4.78 is 0. The first-order valence-electron chi connectivity index (χ1n) is 5.31. The summed E-state index contributed by atoms with van der Waals surface area (Å²) in [5, 5.41) is 0. The van der Waals surface area contributed by atoms with Gasteiger partial charge in [-0.2, -0.15) is 0 Å². The van der Waals surface area contributed by atoms with Crippen molar-refractivity contribution in [1.29, 1.82) is 0 Å². The second kappa shape index (κ2) is 15.5.